The highest BCUT2D eigenvalue weighted by Crippen LogP contribution is 2.37. The summed E-state index contributed by atoms with van der Waals surface area (Å²) in [5.41, 5.74) is 0.286. The van der Waals surface area contributed by atoms with Crippen molar-refractivity contribution in [2.75, 3.05) is 0 Å². The Morgan fingerprint density at radius 1 is 1.16 bits per heavy atom. The lowest BCUT2D eigenvalue weighted by atomic mass is 10.2. The normalized spacial score (nSPS) is 10.8. The van der Waals surface area contributed by atoms with Crippen molar-refractivity contribution in [3.8, 4) is 5.75 Å². The maximum absolute atomic E-state index is 10.6. The molecule has 96 valence electrons. The first-order valence-electron chi connectivity index (χ1n) is 5.21. The van der Waals surface area contributed by atoms with Gasteiger partial charge in [-0.15, -0.1) is 5.11 Å². The quantitative estimate of drug-likeness (QED) is 0.513. The number of nitro benzene ring substituents is 1. The van der Waals surface area contributed by atoms with E-state index in [0.717, 1.165) is 6.07 Å². The van der Waals surface area contributed by atoms with Crippen LogP contribution < -0.4 is 0 Å². The molecule has 0 aliphatic carbocycles. The summed E-state index contributed by atoms with van der Waals surface area (Å²) >= 11 is 5.72. The minimum atomic E-state index is -0.680. The molecule has 0 aromatic heterocycles. The number of aromatic hydroxyl groups is 1. The number of hydrogen-bond donors (Lipinski definition) is 1. The van der Waals surface area contributed by atoms with E-state index in [1.807, 2.05) is 6.07 Å². The third-order valence-corrected chi connectivity index (χ3v) is 2.57. The topological polar surface area (TPSA) is 88.1 Å². The van der Waals surface area contributed by atoms with Gasteiger partial charge in [0.2, 0.25) is 0 Å². The molecule has 2 aromatic carbocycles. The molecule has 1 N–H and O–H groups in total. The summed E-state index contributed by atoms with van der Waals surface area (Å²) in [6.45, 7) is 0. The number of phenolic OH excluding ortho intramolecular Hbond substituents is 1. The largest absolute Gasteiger partial charge is 0.505 e. The Kier molecular flexibility index (Phi) is 3.72. The number of azo groups is 1. The van der Waals surface area contributed by atoms with Crippen LogP contribution >= 0.6 is 11.6 Å². The van der Waals surface area contributed by atoms with Crippen LogP contribution in [-0.2, 0) is 0 Å². The first-order valence-corrected chi connectivity index (χ1v) is 5.59. The molecule has 0 fully saturated rings. The van der Waals surface area contributed by atoms with E-state index < -0.39 is 4.92 Å². The summed E-state index contributed by atoms with van der Waals surface area (Å²) in [5, 5.41) is 27.8. The Morgan fingerprint density at radius 3 is 2.47 bits per heavy atom. The molecule has 0 unspecified atom stereocenters. The van der Waals surface area contributed by atoms with E-state index in [1.54, 1.807) is 24.3 Å². The second-order valence-corrected chi connectivity index (χ2v) is 3.99. The zero-order valence-corrected chi connectivity index (χ0v) is 10.3. The zero-order valence-electron chi connectivity index (χ0n) is 9.52. The average molecular weight is 278 g/mol. The monoisotopic (exact) mass is 277 g/mol. The van der Waals surface area contributed by atoms with Gasteiger partial charge in [-0.3, -0.25) is 10.1 Å². The fourth-order valence-electron chi connectivity index (χ4n) is 1.37. The first-order chi connectivity index (χ1) is 9.08. The van der Waals surface area contributed by atoms with Crippen LogP contribution in [-0.4, -0.2) is 10.0 Å². The number of benzene rings is 2. The molecule has 19 heavy (non-hydrogen) atoms. The maximum atomic E-state index is 10.6. The fourth-order valence-corrected chi connectivity index (χ4v) is 1.59. The first kappa shape index (κ1) is 13.0. The molecule has 0 aliphatic heterocycles. The van der Waals surface area contributed by atoms with E-state index in [1.165, 1.54) is 6.07 Å². The van der Waals surface area contributed by atoms with Crippen LogP contribution in [0.4, 0.5) is 17.1 Å². The van der Waals surface area contributed by atoms with Crippen molar-refractivity contribution < 1.29 is 10.0 Å². The van der Waals surface area contributed by atoms with Gasteiger partial charge in [-0.1, -0.05) is 29.8 Å². The highest BCUT2D eigenvalue weighted by Gasteiger charge is 2.16. The average Bonchev–Trinajstić information content (AvgIpc) is 2.40. The molecule has 7 heteroatoms. The van der Waals surface area contributed by atoms with Gasteiger partial charge < -0.3 is 5.11 Å². The second kappa shape index (κ2) is 5.45. The summed E-state index contributed by atoms with van der Waals surface area (Å²) in [4.78, 5) is 9.94. The summed E-state index contributed by atoms with van der Waals surface area (Å²) in [7, 11) is 0. The highest BCUT2D eigenvalue weighted by molar-refractivity contribution is 6.33. The molecule has 2 aromatic rings. The van der Waals surface area contributed by atoms with Crippen LogP contribution in [0.15, 0.2) is 52.7 Å². The zero-order chi connectivity index (χ0) is 13.8. The fraction of sp³-hybridized carbons (Fsp3) is 0. The molecule has 0 bridgehead atoms. The smallest absolute Gasteiger partial charge is 0.291 e. The molecule has 0 saturated carbocycles. The highest BCUT2D eigenvalue weighted by atomic mass is 35.5. The predicted molar refractivity (Wildman–Crippen MR) is 70.4 cm³/mol. The van der Waals surface area contributed by atoms with Gasteiger partial charge in [0.1, 0.15) is 16.5 Å². The van der Waals surface area contributed by atoms with Gasteiger partial charge in [-0.2, -0.15) is 5.11 Å². The van der Waals surface area contributed by atoms with E-state index in [4.69, 9.17) is 11.6 Å². The van der Waals surface area contributed by atoms with Crippen molar-refractivity contribution in [2.45, 2.75) is 0 Å². The van der Waals surface area contributed by atoms with Crippen molar-refractivity contribution in [1.82, 2.24) is 0 Å². The van der Waals surface area contributed by atoms with Crippen molar-refractivity contribution in [2.24, 2.45) is 10.2 Å². The molecule has 0 atom stereocenters. The van der Waals surface area contributed by atoms with E-state index >= 15 is 0 Å². The lowest BCUT2D eigenvalue weighted by Crippen LogP contribution is -1.88. The predicted octanol–water partition coefficient (Wildman–Crippen LogP) is 4.37. The third-order valence-electron chi connectivity index (χ3n) is 2.27. The maximum Gasteiger partial charge on any atom is 0.291 e. The number of nitrogens with zero attached hydrogens (tertiary/aromatic N) is 3. The molecule has 0 saturated heterocycles. The van der Waals surface area contributed by atoms with Crippen LogP contribution in [0.2, 0.25) is 5.02 Å². The Bertz CT molecular complexity index is 644. The Balaban J connectivity index is 2.34. The molecule has 0 radical (unpaired) electrons. The number of hydrogen-bond acceptors (Lipinski definition) is 5. The van der Waals surface area contributed by atoms with Crippen molar-refractivity contribution >= 4 is 28.7 Å². The van der Waals surface area contributed by atoms with E-state index in [0.29, 0.717) is 5.69 Å². The number of phenols is 1. The van der Waals surface area contributed by atoms with Crippen LogP contribution in [0.5, 0.6) is 5.75 Å². The van der Waals surface area contributed by atoms with Gasteiger partial charge in [0.15, 0.2) is 0 Å². The van der Waals surface area contributed by atoms with Crippen LogP contribution in [0.3, 0.4) is 0 Å². The van der Waals surface area contributed by atoms with Gasteiger partial charge in [0.25, 0.3) is 5.69 Å². The summed E-state index contributed by atoms with van der Waals surface area (Å²) in [6, 6.07) is 11.0. The molecule has 0 amide bonds. The van der Waals surface area contributed by atoms with Gasteiger partial charge in [0.05, 0.1) is 16.7 Å². The SMILES string of the molecule is O=[N+]([O-])c1cc(O)c(N=Nc2ccccc2)cc1Cl. The van der Waals surface area contributed by atoms with E-state index in [2.05, 4.69) is 10.2 Å². The summed E-state index contributed by atoms with van der Waals surface area (Å²) < 4.78 is 0. The Morgan fingerprint density at radius 2 is 1.84 bits per heavy atom. The van der Waals surface area contributed by atoms with Gasteiger partial charge in [0, 0.05) is 0 Å². The van der Waals surface area contributed by atoms with Crippen molar-refractivity contribution in [1.29, 1.82) is 0 Å². The lowest BCUT2D eigenvalue weighted by molar-refractivity contribution is -0.384. The van der Waals surface area contributed by atoms with Crippen molar-refractivity contribution in [3.63, 3.8) is 0 Å². The minimum absolute atomic E-state index is 0.0689. The molecule has 0 heterocycles. The molecular weight excluding hydrogens is 270 g/mol. The van der Waals surface area contributed by atoms with E-state index in [-0.39, 0.29) is 22.1 Å². The molecule has 2 rings (SSSR count). The second-order valence-electron chi connectivity index (χ2n) is 3.58. The standard InChI is InChI=1S/C12H8ClN3O3/c13-9-6-10(12(17)7-11(9)16(18)19)15-14-8-4-2-1-3-5-8/h1-7,17H. The van der Waals surface area contributed by atoms with Crippen LogP contribution in [0.25, 0.3) is 0 Å². The summed E-state index contributed by atoms with van der Waals surface area (Å²) in [6.07, 6.45) is 0. The minimum Gasteiger partial charge on any atom is -0.505 e. The van der Waals surface area contributed by atoms with Gasteiger partial charge in [-0.25, -0.2) is 0 Å². The van der Waals surface area contributed by atoms with Crippen LogP contribution in [0.1, 0.15) is 0 Å². The number of nitro groups is 1. The van der Waals surface area contributed by atoms with Gasteiger partial charge >= 0.3 is 0 Å². The number of halogens is 1. The van der Waals surface area contributed by atoms with Crippen LogP contribution in [0, 0.1) is 10.1 Å². The van der Waals surface area contributed by atoms with Gasteiger partial charge in [-0.05, 0) is 18.2 Å². The molecule has 0 aliphatic rings. The summed E-state index contributed by atoms with van der Waals surface area (Å²) in [5.74, 6) is -0.351. The molecule has 0 spiro atoms. The third kappa shape index (κ3) is 3.05. The molecular formula is C12H8ClN3O3. The Labute approximate surface area is 113 Å². The lowest BCUT2D eigenvalue weighted by Gasteiger charge is -2.00. The van der Waals surface area contributed by atoms with Crippen molar-refractivity contribution in [3.05, 3.63) is 57.6 Å². The number of rotatable bonds is 3. The molecule has 6 nitrogen and oxygen atoms in total. The van der Waals surface area contributed by atoms with E-state index in [9.17, 15) is 15.2 Å². The Hall–Kier alpha value is -2.47.